The predicted molar refractivity (Wildman–Crippen MR) is 110 cm³/mol. The molecule has 1 aliphatic rings. The van der Waals surface area contributed by atoms with Crippen molar-refractivity contribution in [2.24, 2.45) is 5.92 Å². The zero-order valence-electron chi connectivity index (χ0n) is 15.4. The second kappa shape index (κ2) is 8.06. The number of piperidine rings is 1. The minimum Gasteiger partial charge on any atom is -0.508 e. The van der Waals surface area contributed by atoms with Crippen LogP contribution in [0, 0.1) is 5.92 Å². The Kier molecular flexibility index (Phi) is 5.52. The van der Waals surface area contributed by atoms with E-state index in [1.54, 1.807) is 40.8 Å². The maximum Gasteiger partial charge on any atom is 0.252 e. The van der Waals surface area contributed by atoms with Gasteiger partial charge in [-0.05, 0) is 73.2 Å². The number of thiophene rings is 1. The first kappa shape index (κ1) is 19.2. The lowest BCUT2D eigenvalue weighted by Gasteiger charge is -2.30. The van der Waals surface area contributed by atoms with Gasteiger partial charge in [0.15, 0.2) is 0 Å². The number of aromatic hydroxyl groups is 1. The van der Waals surface area contributed by atoms with Crippen LogP contribution in [0.25, 0.3) is 10.4 Å². The number of hydrogen-bond donors (Lipinski definition) is 1. The highest BCUT2D eigenvalue weighted by atomic mass is 32.2. The van der Waals surface area contributed by atoms with E-state index in [1.807, 2.05) is 23.0 Å². The molecule has 8 heteroatoms. The molecule has 0 amide bonds. The quantitative estimate of drug-likeness (QED) is 0.662. The number of rotatable bonds is 6. The van der Waals surface area contributed by atoms with Gasteiger partial charge in [-0.15, -0.1) is 11.3 Å². The van der Waals surface area contributed by atoms with E-state index in [-0.39, 0.29) is 5.75 Å². The maximum atomic E-state index is 13.0. The Morgan fingerprint density at radius 2 is 1.86 bits per heavy atom. The van der Waals surface area contributed by atoms with Crippen LogP contribution < -0.4 is 0 Å². The molecule has 28 heavy (non-hydrogen) atoms. The van der Waals surface area contributed by atoms with Crippen molar-refractivity contribution in [2.45, 2.75) is 30.0 Å². The normalized spacial score (nSPS) is 16.4. The fourth-order valence-corrected chi connectivity index (χ4v) is 6.49. The van der Waals surface area contributed by atoms with Gasteiger partial charge in [-0.2, -0.15) is 9.40 Å². The zero-order valence-corrected chi connectivity index (χ0v) is 17.1. The van der Waals surface area contributed by atoms with Crippen LogP contribution in [0.2, 0.25) is 0 Å². The van der Waals surface area contributed by atoms with Crippen LogP contribution in [-0.4, -0.2) is 40.7 Å². The molecule has 0 saturated carbocycles. The lowest BCUT2D eigenvalue weighted by Crippen LogP contribution is -2.38. The number of aromatic nitrogens is 2. The van der Waals surface area contributed by atoms with Gasteiger partial charge in [0.25, 0.3) is 10.0 Å². The average molecular weight is 418 g/mol. The van der Waals surface area contributed by atoms with Crippen molar-refractivity contribution in [1.29, 1.82) is 0 Å². The molecule has 1 saturated heterocycles. The standard InChI is InChI=1S/C20H23N3O3S2/c24-18-4-2-17(3-5-18)19-6-7-20(27-19)28(25,26)23-14-9-16(10-15-23)8-13-22-12-1-11-21-22/h1-7,11-12,16,24H,8-10,13-15H2. The fourth-order valence-electron chi connectivity index (χ4n) is 3.55. The third-order valence-corrected chi connectivity index (χ3v) is 8.73. The second-order valence-electron chi connectivity index (χ2n) is 7.07. The molecule has 0 unspecified atom stereocenters. The summed E-state index contributed by atoms with van der Waals surface area (Å²) in [4.78, 5) is 0.882. The van der Waals surface area contributed by atoms with Gasteiger partial charge < -0.3 is 5.11 Å². The Morgan fingerprint density at radius 1 is 1.11 bits per heavy atom. The fraction of sp³-hybridized carbons (Fsp3) is 0.350. The number of phenolic OH excluding ortho intramolecular Hbond substituents is 1. The SMILES string of the molecule is O=S(=O)(c1ccc(-c2ccc(O)cc2)s1)N1CCC(CCn2cccn2)CC1. The van der Waals surface area contributed by atoms with Gasteiger partial charge in [-0.1, -0.05) is 0 Å². The van der Waals surface area contributed by atoms with Gasteiger partial charge in [-0.3, -0.25) is 4.68 Å². The molecule has 1 aliphatic heterocycles. The highest BCUT2D eigenvalue weighted by Crippen LogP contribution is 2.34. The van der Waals surface area contributed by atoms with E-state index in [9.17, 15) is 13.5 Å². The minimum atomic E-state index is -3.45. The van der Waals surface area contributed by atoms with E-state index in [0.717, 1.165) is 36.2 Å². The van der Waals surface area contributed by atoms with E-state index in [1.165, 1.54) is 11.3 Å². The van der Waals surface area contributed by atoms with Crippen LogP contribution >= 0.6 is 11.3 Å². The highest BCUT2D eigenvalue weighted by Gasteiger charge is 2.30. The van der Waals surface area contributed by atoms with Crippen LogP contribution in [0.4, 0.5) is 0 Å². The number of aryl methyl sites for hydroxylation is 1. The van der Waals surface area contributed by atoms with Crippen molar-refractivity contribution in [1.82, 2.24) is 14.1 Å². The molecule has 148 valence electrons. The number of sulfonamides is 1. The number of benzene rings is 1. The lowest BCUT2D eigenvalue weighted by atomic mass is 9.95. The van der Waals surface area contributed by atoms with Crippen molar-refractivity contribution in [3.63, 3.8) is 0 Å². The summed E-state index contributed by atoms with van der Waals surface area (Å²) in [6.45, 7) is 2.02. The molecule has 1 aromatic carbocycles. The molecule has 3 aromatic rings. The summed E-state index contributed by atoms with van der Waals surface area (Å²) < 4.78 is 30.0. The van der Waals surface area contributed by atoms with Gasteiger partial charge in [-0.25, -0.2) is 8.42 Å². The third kappa shape index (κ3) is 4.14. The summed E-state index contributed by atoms with van der Waals surface area (Å²) in [6, 6.07) is 12.2. The molecular weight excluding hydrogens is 394 g/mol. The molecule has 0 bridgehead atoms. The molecular formula is C20H23N3O3S2. The highest BCUT2D eigenvalue weighted by molar-refractivity contribution is 7.91. The van der Waals surface area contributed by atoms with Gasteiger partial charge in [0, 0.05) is 36.9 Å². The number of nitrogens with zero attached hydrogens (tertiary/aromatic N) is 3. The first-order chi connectivity index (χ1) is 13.5. The Hall–Kier alpha value is -2.16. The number of hydrogen-bond acceptors (Lipinski definition) is 5. The van der Waals surface area contributed by atoms with Gasteiger partial charge in [0.2, 0.25) is 0 Å². The first-order valence-electron chi connectivity index (χ1n) is 9.39. The summed E-state index contributed by atoms with van der Waals surface area (Å²) >= 11 is 1.28. The minimum absolute atomic E-state index is 0.198. The molecule has 2 aromatic heterocycles. The Morgan fingerprint density at radius 3 is 2.54 bits per heavy atom. The van der Waals surface area contributed by atoms with Gasteiger partial charge in [0.1, 0.15) is 9.96 Å². The van der Waals surface area contributed by atoms with E-state index >= 15 is 0 Å². The molecule has 0 atom stereocenters. The molecule has 4 rings (SSSR count). The van der Waals surface area contributed by atoms with Gasteiger partial charge in [0.05, 0.1) is 0 Å². The summed E-state index contributed by atoms with van der Waals surface area (Å²) in [7, 11) is -3.45. The molecule has 6 nitrogen and oxygen atoms in total. The Bertz CT molecular complexity index is 1000. The van der Waals surface area contributed by atoms with Crippen LogP contribution in [0.5, 0.6) is 5.75 Å². The smallest absolute Gasteiger partial charge is 0.252 e. The zero-order chi connectivity index (χ0) is 19.6. The molecule has 0 aliphatic carbocycles. The third-order valence-electron chi connectivity index (χ3n) is 5.23. The molecule has 0 radical (unpaired) electrons. The molecule has 0 spiro atoms. The second-order valence-corrected chi connectivity index (χ2v) is 10.3. The van der Waals surface area contributed by atoms with Crippen LogP contribution in [0.3, 0.4) is 0 Å². The number of phenols is 1. The van der Waals surface area contributed by atoms with E-state index in [2.05, 4.69) is 5.10 Å². The summed E-state index contributed by atoms with van der Waals surface area (Å²) in [5.41, 5.74) is 0.904. The monoisotopic (exact) mass is 417 g/mol. The van der Waals surface area contributed by atoms with E-state index < -0.39 is 10.0 Å². The average Bonchev–Trinajstić information content (AvgIpc) is 3.40. The maximum absolute atomic E-state index is 13.0. The van der Waals surface area contributed by atoms with Crippen LogP contribution in [0.1, 0.15) is 19.3 Å². The lowest BCUT2D eigenvalue weighted by molar-refractivity contribution is 0.254. The molecule has 1 fully saturated rings. The van der Waals surface area contributed by atoms with E-state index in [4.69, 9.17) is 0 Å². The largest absolute Gasteiger partial charge is 0.508 e. The summed E-state index contributed by atoms with van der Waals surface area (Å²) in [6.07, 6.45) is 6.54. The van der Waals surface area contributed by atoms with Crippen LogP contribution in [-0.2, 0) is 16.6 Å². The first-order valence-corrected chi connectivity index (χ1v) is 11.6. The van der Waals surface area contributed by atoms with Crippen molar-refractivity contribution in [3.8, 4) is 16.2 Å². The van der Waals surface area contributed by atoms with Crippen molar-refractivity contribution < 1.29 is 13.5 Å². The summed E-state index contributed by atoms with van der Waals surface area (Å²) in [5, 5.41) is 13.6. The predicted octanol–water partition coefficient (Wildman–Crippen LogP) is 3.81. The van der Waals surface area contributed by atoms with E-state index in [0.29, 0.717) is 23.2 Å². The van der Waals surface area contributed by atoms with Gasteiger partial charge >= 0.3 is 0 Å². The van der Waals surface area contributed by atoms with Crippen LogP contribution in [0.15, 0.2) is 59.1 Å². The summed E-state index contributed by atoms with van der Waals surface area (Å²) in [5.74, 6) is 0.732. The Balaban J connectivity index is 1.38. The van der Waals surface area contributed by atoms with Crippen molar-refractivity contribution in [3.05, 3.63) is 54.9 Å². The Labute approximate surface area is 169 Å². The molecule has 1 N–H and O–H groups in total. The van der Waals surface area contributed by atoms with Crippen molar-refractivity contribution >= 4 is 21.4 Å². The van der Waals surface area contributed by atoms with Crippen molar-refractivity contribution in [2.75, 3.05) is 13.1 Å². The topological polar surface area (TPSA) is 75.4 Å². The molecule has 3 heterocycles.